The number of hydrogen-bond donors (Lipinski definition) is 1. The van der Waals surface area contributed by atoms with Crippen LogP contribution in [0, 0.1) is 11.3 Å². The van der Waals surface area contributed by atoms with E-state index < -0.39 is 0 Å². The zero-order valence-electron chi connectivity index (χ0n) is 7.02. The number of thiophene rings is 1. The van der Waals surface area contributed by atoms with Crippen molar-refractivity contribution in [1.29, 1.82) is 5.26 Å². The number of rotatable bonds is 1. The molecule has 0 aliphatic rings. The average Bonchev–Trinajstić information content (AvgIpc) is 2.62. The van der Waals surface area contributed by atoms with Crippen LogP contribution in [0.2, 0.25) is 0 Å². The third-order valence-corrected chi connectivity index (χ3v) is 2.87. The zero-order valence-corrected chi connectivity index (χ0v) is 7.84. The first-order chi connectivity index (χ1) is 6.77. The Labute approximate surface area is 83.8 Å². The van der Waals surface area contributed by atoms with Crippen LogP contribution in [0.25, 0.3) is 10.1 Å². The predicted molar refractivity (Wildman–Crippen MR) is 53.6 cm³/mol. The Hall–Kier alpha value is -1.86. The number of nitrogens with zero attached hydrogens (tertiary/aromatic N) is 1. The van der Waals surface area contributed by atoms with Gasteiger partial charge in [0.05, 0.1) is 0 Å². The quantitative estimate of drug-likeness (QED) is 0.723. The van der Waals surface area contributed by atoms with Crippen LogP contribution in [0.1, 0.15) is 15.9 Å². The molecule has 0 aliphatic carbocycles. The summed E-state index contributed by atoms with van der Waals surface area (Å²) in [5.41, 5.74) is 0.314. The number of benzene rings is 1. The molecule has 0 radical (unpaired) electrons. The lowest BCUT2D eigenvalue weighted by Crippen LogP contribution is -1.88. The van der Waals surface area contributed by atoms with Gasteiger partial charge in [-0.15, -0.1) is 11.3 Å². The first kappa shape index (κ1) is 8.73. The van der Waals surface area contributed by atoms with E-state index in [0.29, 0.717) is 6.29 Å². The van der Waals surface area contributed by atoms with Crippen molar-refractivity contribution in [2.24, 2.45) is 0 Å². The number of carbonyl (C=O) groups is 1. The molecular formula is C10H5NO2S. The lowest BCUT2D eigenvalue weighted by molar-refractivity contribution is 0.112. The molecule has 0 saturated heterocycles. The van der Waals surface area contributed by atoms with E-state index in [1.807, 2.05) is 11.4 Å². The van der Waals surface area contributed by atoms with Gasteiger partial charge in [-0.05, 0) is 17.5 Å². The predicted octanol–water partition coefficient (Wildman–Crippen LogP) is 2.29. The number of aldehydes is 1. The molecule has 1 aromatic heterocycles. The minimum atomic E-state index is -0.135. The van der Waals surface area contributed by atoms with Crippen molar-refractivity contribution in [3.63, 3.8) is 0 Å². The third kappa shape index (κ3) is 1.07. The molecular weight excluding hydrogens is 198 g/mol. The van der Waals surface area contributed by atoms with E-state index in [2.05, 4.69) is 0 Å². The lowest BCUT2D eigenvalue weighted by Gasteiger charge is -2.00. The standard InChI is InChI=1S/C10H5NO2S/c11-4-7-8(5-12)6-1-2-14-10(6)3-9(7)13/h1-3,5,13H. The summed E-state index contributed by atoms with van der Waals surface area (Å²) >= 11 is 1.42. The van der Waals surface area contributed by atoms with E-state index >= 15 is 0 Å². The molecule has 4 heteroatoms. The highest BCUT2D eigenvalue weighted by molar-refractivity contribution is 7.17. The van der Waals surface area contributed by atoms with E-state index in [1.165, 1.54) is 17.4 Å². The molecule has 0 fully saturated rings. The summed E-state index contributed by atoms with van der Waals surface area (Å²) in [5, 5.41) is 20.8. The van der Waals surface area contributed by atoms with Crippen LogP contribution in [0.4, 0.5) is 0 Å². The van der Waals surface area contributed by atoms with Gasteiger partial charge in [-0.3, -0.25) is 4.79 Å². The molecule has 0 spiro atoms. The van der Waals surface area contributed by atoms with E-state index in [9.17, 15) is 9.90 Å². The molecule has 0 saturated carbocycles. The molecule has 0 amide bonds. The van der Waals surface area contributed by atoms with Crippen molar-refractivity contribution < 1.29 is 9.90 Å². The minimum absolute atomic E-state index is 0.0471. The van der Waals surface area contributed by atoms with Crippen molar-refractivity contribution >= 4 is 27.7 Å². The van der Waals surface area contributed by atoms with Crippen molar-refractivity contribution in [1.82, 2.24) is 0 Å². The van der Waals surface area contributed by atoms with Gasteiger partial charge in [0.2, 0.25) is 0 Å². The van der Waals surface area contributed by atoms with Gasteiger partial charge in [-0.2, -0.15) is 5.26 Å². The molecule has 3 nitrogen and oxygen atoms in total. The number of phenols is 1. The summed E-state index contributed by atoms with van der Waals surface area (Å²) in [5.74, 6) is -0.135. The van der Waals surface area contributed by atoms with Crippen LogP contribution in [0.5, 0.6) is 5.75 Å². The SMILES string of the molecule is N#Cc1c(O)cc2sccc2c1C=O. The number of hydrogen-bond acceptors (Lipinski definition) is 4. The fourth-order valence-electron chi connectivity index (χ4n) is 1.36. The number of fused-ring (bicyclic) bond motifs is 1. The van der Waals surface area contributed by atoms with Gasteiger partial charge in [-0.25, -0.2) is 0 Å². The lowest BCUT2D eigenvalue weighted by atomic mass is 10.0. The summed E-state index contributed by atoms with van der Waals surface area (Å²) in [6.45, 7) is 0. The van der Waals surface area contributed by atoms with Gasteiger partial charge in [0.15, 0.2) is 6.29 Å². The molecule has 1 N–H and O–H groups in total. The van der Waals surface area contributed by atoms with Crippen LogP contribution in [0.3, 0.4) is 0 Å². The molecule has 2 aromatic rings. The van der Waals surface area contributed by atoms with Crippen molar-refractivity contribution in [2.75, 3.05) is 0 Å². The highest BCUT2D eigenvalue weighted by Crippen LogP contribution is 2.31. The fraction of sp³-hybridized carbons (Fsp3) is 0. The molecule has 14 heavy (non-hydrogen) atoms. The summed E-state index contributed by atoms with van der Waals surface area (Å²) in [7, 11) is 0. The molecule has 0 atom stereocenters. The molecule has 1 heterocycles. The molecule has 68 valence electrons. The van der Waals surface area contributed by atoms with Crippen molar-refractivity contribution in [3.8, 4) is 11.8 Å². The Balaban J connectivity index is 2.98. The number of phenolic OH excluding ortho intramolecular Hbond substituents is 1. The second-order valence-corrected chi connectivity index (χ2v) is 3.69. The van der Waals surface area contributed by atoms with Crippen LogP contribution in [0.15, 0.2) is 17.5 Å². The van der Waals surface area contributed by atoms with Crippen molar-refractivity contribution in [2.45, 2.75) is 0 Å². The summed E-state index contributed by atoms with van der Waals surface area (Å²) in [4.78, 5) is 10.8. The van der Waals surface area contributed by atoms with E-state index in [1.54, 1.807) is 6.07 Å². The number of nitriles is 1. The van der Waals surface area contributed by atoms with Crippen molar-refractivity contribution in [3.05, 3.63) is 28.6 Å². The van der Waals surface area contributed by atoms with Crippen LogP contribution < -0.4 is 0 Å². The monoisotopic (exact) mass is 203 g/mol. The van der Waals surface area contributed by atoms with Gasteiger partial charge < -0.3 is 5.11 Å². The van der Waals surface area contributed by atoms with E-state index in [-0.39, 0.29) is 16.9 Å². The Morgan fingerprint density at radius 1 is 1.57 bits per heavy atom. The van der Waals surface area contributed by atoms with Gasteiger partial charge in [-0.1, -0.05) is 0 Å². The highest BCUT2D eigenvalue weighted by atomic mass is 32.1. The second kappa shape index (κ2) is 3.13. The summed E-state index contributed by atoms with van der Waals surface area (Å²) in [6.07, 6.45) is 0.604. The summed E-state index contributed by atoms with van der Waals surface area (Å²) in [6, 6.07) is 5.09. The maximum Gasteiger partial charge on any atom is 0.152 e. The van der Waals surface area contributed by atoms with Gasteiger partial charge in [0.25, 0.3) is 0 Å². The van der Waals surface area contributed by atoms with Gasteiger partial charge in [0, 0.05) is 15.6 Å². The van der Waals surface area contributed by atoms with E-state index in [4.69, 9.17) is 5.26 Å². The molecule has 0 unspecified atom stereocenters. The average molecular weight is 203 g/mol. The third-order valence-electron chi connectivity index (χ3n) is 2.01. The minimum Gasteiger partial charge on any atom is -0.506 e. The molecule has 1 aromatic carbocycles. The normalized spacial score (nSPS) is 9.93. The van der Waals surface area contributed by atoms with Gasteiger partial charge >= 0.3 is 0 Å². The van der Waals surface area contributed by atoms with Crippen LogP contribution in [-0.2, 0) is 0 Å². The first-order valence-corrected chi connectivity index (χ1v) is 4.74. The molecule has 0 aliphatic heterocycles. The maximum absolute atomic E-state index is 10.8. The Morgan fingerprint density at radius 2 is 2.36 bits per heavy atom. The highest BCUT2D eigenvalue weighted by Gasteiger charge is 2.12. The van der Waals surface area contributed by atoms with Crippen LogP contribution >= 0.6 is 11.3 Å². The Bertz CT molecular complexity index is 551. The summed E-state index contributed by atoms with van der Waals surface area (Å²) < 4.78 is 0.809. The van der Waals surface area contributed by atoms with Gasteiger partial charge in [0.1, 0.15) is 17.4 Å². The molecule has 0 bridgehead atoms. The number of carbonyl (C=O) groups excluding carboxylic acids is 1. The number of aromatic hydroxyl groups is 1. The molecule has 2 rings (SSSR count). The second-order valence-electron chi connectivity index (χ2n) is 2.75. The van der Waals surface area contributed by atoms with Crippen LogP contribution in [-0.4, -0.2) is 11.4 Å². The Morgan fingerprint density at radius 3 is 3.00 bits per heavy atom. The Kier molecular flexibility index (Phi) is 1.95. The largest absolute Gasteiger partial charge is 0.506 e. The maximum atomic E-state index is 10.8. The zero-order chi connectivity index (χ0) is 10.1. The fourth-order valence-corrected chi connectivity index (χ4v) is 2.20. The first-order valence-electron chi connectivity index (χ1n) is 3.86. The topological polar surface area (TPSA) is 61.1 Å². The van der Waals surface area contributed by atoms with E-state index in [0.717, 1.165) is 10.1 Å². The smallest absolute Gasteiger partial charge is 0.152 e.